The number of aliphatic hydroxyl groups is 2. The van der Waals surface area contributed by atoms with Crippen molar-refractivity contribution in [1.29, 1.82) is 0 Å². The summed E-state index contributed by atoms with van der Waals surface area (Å²) >= 11 is 0. The maximum atomic E-state index is 12.5. The molecule has 0 rings (SSSR count). The third-order valence-electron chi connectivity index (χ3n) is 14.9. The van der Waals surface area contributed by atoms with Crippen LogP contribution in [0, 0.1) is 0 Å². The SMILES string of the molecule is CCCCCCCCC/C=C\CCCCCCCC(=O)OCCCCCCCCCCCC/C=C\CCCCCCCCCC(=O)NC(CO)C(O)/C=C/CCCCCCCCCCCCCCCCCC. The van der Waals surface area contributed by atoms with E-state index in [4.69, 9.17) is 4.74 Å². The molecule has 0 aliphatic rings. The van der Waals surface area contributed by atoms with Crippen molar-refractivity contribution in [1.82, 2.24) is 5.32 Å². The van der Waals surface area contributed by atoms with Crippen LogP contribution in [0.5, 0.6) is 0 Å². The summed E-state index contributed by atoms with van der Waals surface area (Å²) in [7, 11) is 0. The lowest BCUT2D eigenvalue weighted by Crippen LogP contribution is -2.45. The van der Waals surface area contributed by atoms with Crippen molar-refractivity contribution in [3.63, 3.8) is 0 Å². The van der Waals surface area contributed by atoms with E-state index >= 15 is 0 Å². The molecular formula is C66H125NO5. The molecule has 0 spiro atoms. The normalized spacial score (nSPS) is 12.8. The average molecular weight is 1010 g/mol. The van der Waals surface area contributed by atoms with Gasteiger partial charge in [0.15, 0.2) is 0 Å². The van der Waals surface area contributed by atoms with Crippen molar-refractivity contribution in [2.75, 3.05) is 13.2 Å². The van der Waals surface area contributed by atoms with Crippen LogP contribution in [0.15, 0.2) is 36.5 Å². The van der Waals surface area contributed by atoms with Gasteiger partial charge in [0.1, 0.15) is 0 Å². The molecule has 0 heterocycles. The van der Waals surface area contributed by atoms with Gasteiger partial charge in [-0.3, -0.25) is 9.59 Å². The highest BCUT2D eigenvalue weighted by molar-refractivity contribution is 5.76. The molecule has 2 atom stereocenters. The molecule has 1 amide bonds. The molecule has 6 nitrogen and oxygen atoms in total. The van der Waals surface area contributed by atoms with Crippen LogP contribution in [0.2, 0.25) is 0 Å². The smallest absolute Gasteiger partial charge is 0.305 e. The molecule has 3 N–H and O–H groups in total. The van der Waals surface area contributed by atoms with Crippen LogP contribution < -0.4 is 5.32 Å². The van der Waals surface area contributed by atoms with Crippen LogP contribution in [0.4, 0.5) is 0 Å². The molecule has 2 unspecified atom stereocenters. The molecule has 0 aromatic heterocycles. The fraction of sp³-hybridized carbons (Fsp3) is 0.879. The zero-order valence-electron chi connectivity index (χ0n) is 48.4. The standard InChI is InChI=1S/C66H125NO5/c1-3-5-7-9-11-13-15-17-19-21-27-30-34-38-42-46-50-54-58-64(69)63(62-68)67-65(70)59-55-51-47-43-39-35-31-28-25-23-22-24-26-29-33-37-41-45-49-53-57-61-72-66(71)60-56-52-48-44-40-36-32-20-18-16-14-12-10-8-6-4-2/h20,23,25,32,54,58,63-64,68-69H,3-19,21-22,24,26-31,33-53,55-57,59-62H2,1-2H3,(H,67,70)/b25-23-,32-20-,58-54+. The molecule has 0 aliphatic heterocycles. The van der Waals surface area contributed by atoms with Crippen LogP contribution in [-0.4, -0.2) is 47.4 Å². The van der Waals surface area contributed by atoms with Crippen LogP contribution in [0.3, 0.4) is 0 Å². The minimum Gasteiger partial charge on any atom is -0.466 e. The van der Waals surface area contributed by atoms with Gasteiger partial charge in [-0.25, -0.2) is 0 Å². The second kappa shape index (κ2) is 61.6. The van der Waals surface area contributed by atoms with E-state index in [-0.39, 0.29) is 18.5 Å². The summed E-state index contributed by atoms with van der Waals surface area (Å²) in [4.78, 5) is 24.6. The van der Waals surface area contributed by atoms with Crippen molar-refractivity contribution in [2.45, 2.75) is 360 Å². The molecule has 0 aromatic rings. The molecular weight excluding hydrogens is 887 g/mol. The molecule has 424 valence electrons. The molecule has 0 fully saturated rings. The summed E-state index contributed by atoms with van der Waals surface area (Å²) in [5.74, 6) is -0.0733. The minimum atomic E-state index is -0.850. The second-order valence-corrected chi connectivity index (χ2v) is 22.1. The Morgan fingerprint density at radius 3 is 0.986 bits per heavy atom. The molecule has 6 heteroatoms. The van der Waals surface area contributed by atoms with Gasteiger partial charge in [-0.1, -0.05) is 288 Å². The monoisotopic (exact) mass is 1010 g/mol. The topological polar surface area (TPSA) is 95.9 Å². The number of rotatable bonds is 60. The predicted molar refractivity (Wildman–Crippen MR) is 315 cm³/mol. The highest BCUT2D eigenvalue weighted by Gasteiger charge is 2.18. The van der Waals surface area contributed by atoms with Gasteiger partial charge in [0.2, 0.25) is 5.91 Å². The summed E-state index contributed by atoms with van der Waals surface area (Å²) in [5.41, 5.74) is 0. The third kappa shape index (κ3) is 57.4. The van der Waals surface area contributed by atoms with Gasteiger partial charge in [-0.2, -0.15) is 0 Å². The number of hydrogen-bond donors (Lipinski definition) is 3. The number of ether oxygens (including phenoxy) is 1. The first-order valence-electron chi connectivity index (χ1n) is 32.3. The van der Waals surface area contributed by atoms with Gasteiger partial charge >= 0.3 is 5.97 Å². The highest BCUT2D eigenvalue weighted by atomic mass is 16.5. The Morgan fingerprint density at radius 2 is 0.653 bits per heavy atom. The largest absolute Gasteiger partial charge is 0.466 e. The highest BCUT2D eigenvalue weighted by Crippen LogP contribution is 2.17. The summed E-state index contributed by atoms with van der Waals surface area (Å²) in [5, 5.41) is 23.2. The Bertz CT molecular complexity index is 1170. The van der Waals surface area contributed by atoms with E-state index in [1.54, 1.807) is 6.08 Å². The Kier molecular flexibility index (Phi) is 60.0. The number of aliphatic hydroxyl groups excluding tert-OH is 2. The van der Waals surface area contributed by atoms with Gasteiger partial charge in [0.25, 0.3) is 0 Å². The lowest BCUT2D eigenvalue weighted by Gasteiger charge is -2.20. The molecule has 0 aromatic carbocycles. The lowest BCUT2D eigenvalue weighted by molar-refractivity contribution is -0.143. The molecule has 0 bridgehead atoms. The summed E-state index contributed by atoms with van der Waals surface area (Å²) in [6.07, 6.45) is 77.6. The van der Waals surface area contributed by atoms with Crippen molar-refractivity contribution in [2.24, 2.45) is 0 Å². The number of amides is 1. The zero-order valence-corrected chi connectivity index (χ0v) is 48.4. The van der Waals surface area contributed by atoms with Crippen LogP contribution in [-0.2, 0) is 14.3 Å². The average Bonchev–Trinajstić information content (AvgIpc) is 3.38. The fourth-order valence-electron chi connectivity index (χ4n) is 9.92. The van der Waals surface area contributed by atoms with Gasteiger partial charge < -0.3 is 20.3 Å². The maximum absolute atomic E-state index is 12.5. The number of carbonyl (C=O) groups excluding carboxylic acids is 2. The fourth-order valence-corrected chi connectivity index (χ4v) is 9.92. The van der Waals surface area contributed by atoms with Crippen molar-refractivity contribution in [3.05, 3.63) is 36.5 Å². The van der Waals surface area contributed by atoms with Crippen LogP contribution in [0.1, 0.15) is 348 Å². The molecule has 72 heavy (non-hydrogen) atoms. The maximum Gasteiger partial charge on any atom is 0.305 e. The number of unbranched alkanes of at least 4 members (excludes halogenated alkanes) is 45. The number of esters is 1. The molecule has 0 saturated carbocycles. The Hall–Kier alpha value is -1.92. The summed E-state index contributed by atoms with van der Waals surface area (Å²) in [6.45, 7) is 4.91. The van der Waals surface area contributed by atoms with E-state index < -0.39 is 12.1 Å². The van der Waals surface area contributed by atoms with Crippen molar-refractivity contribution in [3.8, 4) is 0 Å². The van der Waals surface area contributed by atoms with Crippen LogP contribution >= 0.6 is 0 Å². The van der Waals surface area contributed by atoms with Crippen molar-refractivity contribution < 1.29 is 24.5 Å². The third-order valence-corrected chi connectivity index (χ3v) is 14.9. The van der Waals surface area contributed by atoms with Gasteiger partial charge in [0, 0.05) is 12.8 Å². The Labute approximate surface area is 449 Å². The quantitative estimate of drug-likeness (QED) is 0.0320. The minimum absolute atomic E-state index is 0.000427. The van der Waals surface area contributed by atoms with E-state index in [0.29, 0.717) is 19.4 Å². The zero-order chi connectivity index (χ0) is 52.2. The predicted octanol–water partition coefficient (Wildman–Crippen LogP) is 20.4. The summed E-state index contributed by atoms with van der Waals surface area (Å²) < 4.78 is 5.48. The first-order chi connectivity index (χ1) is 35.5. The van der Waals surface area contributed by atoms with Crippen molar-refractivity contribution >= 4 is 11.9 Å². The van der Waals surface area contributed by atoms with E-state index in [1.165, 1.54) is 270 Å². The van der Waals surface area contributed by atoms with E-state index in [9.17, 15) is 19.8 Å². The first kappa shape index (κ1) is 70.1. The number of carbonyl (C=O) groups is 2. The summed E-state index contributed by atoms with van der Waals surface area (Å²) in [6, 6.07) is -0.634. The van der Waals surface area contributed by atoms with Gasteiger partial charge in [-0.15, -0.1) is 0 Å². The van der Waals surface area contributed by atoms with Gasteiger partial charge in [-0.05, 0) is 83.5 Å². The lowest BCUT2D eigenvalue weighted by atomic mass is 10.0. The molecule has 0 aliphatic carbocycles. The molecule has 0 radical (unpaired) electrons. The van der Waals surface area contributed by atoms with E-state index in [1.807, 2.05) is 6.08 Å². The first-order valence-corrected chi connectivity index (χ1v) is 32.3. The van der Waals surface area contributed by atoms with Gasteiger partial charge in [0.05, 0.1) is 25.4 Å². The van der Waals surface area contributed by atoms with Crippen LogP contribution in [0.25, 0.3) is 0 Å². The Morgan fingerprint density at radius 1 is 0.375 bits per heavy atom. The Balaban J connectivity index is 3.45. The number of nitrogens with one attached hydrogen (secondary N) is 1. The molecule has 0 saturated heterocycles. The second-order valence-electron chi connectivity index (χ2n) is 22.1. The van der Waals surface area contributed by atoms with E-state index in [2.05, 4.69) is 43.5 Å². The number of hydrogen-bond acceptors (Lipinski definition) is 5. The number of allylic oxidation sites excluding steroid dienone is 5. The van der Waals surface area contributed by atoms with E-state index in [0.717, 1.165) is 51.4 Å².